The maximum absolute atomic E-state index is 13.7. The van der Waals surface area contributed by atoms with Crippen molar-refractivity contribution in [1.29, 1.82) is 0 Å². The zero-order valence-corrected chi connectivity index (χ0v) is 24.2. The van der Waals surface area contributed by atoms with Crippen molar-refractivity contribution in [3.05, 3.63) is 70.9 Å². The molecule has 1 aromatic heterocycles. The lowest BCUT2D eigenvalue weighted by Crippen LogP contribution is -2.56. The largest absolute Gasteiger partial charge is 0.416 e. The van der Waals surface area contributed by atoms with Gasteiger partial charge in [0.2, 0.25) is 0 Å². The Kier molecular flexibility index (Phi) is 10.1. The molecule has 2 aromatic carbocycles. The number of alkyl halides is 6. The highest BCUT2D eigenvalue weighted by molar-refractivity contribution is 5.95. The fraction of sp³-hybridized carbons (Fsp3) is 0.467. The van der Waals surface area contributed by atoms with Gasteiger partial charge in [0.1, 0.15) is 6.61 Å². The van der Waals surface area contributed by atoms with E-state index in [0.29, 0.717) is 51.2 Å². The number of benzene rings is 2. The normalized spacial score (nSPS) is 17.2. The van der Waals surface area contributed by atoms with Gasteiger partial charge in [-0.15, -0.1) is 0 Å². The van der Waals surface area contributed by atoms with Gasteiger partial charge in [-0.05, 0) is 57.3 Å². The van der Waals surface area contributed by atoms with Crippen LogP contribution in [0.25, 0.3) is 10.9 Å². The number of H-pyrrole nitrogens is 1. The van der Waals surface area contributed by atoms with Crippen LogP contribution in [-0.2, 0) is 23.6 Å². The van der Waals surface area contributed by atoms with Crippen LogP contribution in [-0.4, -0.2) is 90.8 Å². The Hall–Kier alpha value is -3.58. The molecule has 0 unspecified atom stereocenters. The summed E-state index contributed by atoms with van der Waals surface area (Å²) < 4.78 is 81.2. The van der Waals surface area contributed by atoms with E-state index < -0.39 is 41.0 Å². The van der Waals surface area contributed by atoms with Crippen LogP contribution in [0.1, 0.15) is 40.4 Å². The highest BCUT2D eigenvalue weighted by Gasteiger charge is 2.39. The van der Waals surface area contributed by atoms with Gasteiger partial charge < -0.3 is 19.6 Å². The molecule has 1 N–H and O–H groups in total. The third-order valence-electron chi connectivity index (χ3n) is 7.43. The number of carbonyl (C=O) groups is 1. The lowest BCUT2D eigenvalue weighted by molar-refractivity contribution is -0.143. The van der Waals surface area contributed by atoms with E-state index >= 15 is 0 Å². The molecule has 0 saturated carbocycles. The number of aromatic nitrogens is 1. The number of halogens is 6. The van der Waals surface area contributed by atoms with Crippen LogP contribution < -0.4 is 0 Å². The zero-order chi connectivity index (χ0) is 31.4. The Labute approximate surface area is 246 Å². The summed E-state index contributed by atoms with van der Waals surface area (Å²) in [7, 11) is 3.86. The van der Waals surface area contributed by atoms with Gasteiger partial charge in [-0.2, -0.15) is 26.3 Å². The molecule has 0 spiro atoms. The van der Waals surface area contributed by atoms with Crippen molar-refractivity contribution in [3.8, 4) is 0 Å². The summed E-state index contributed by atoms with van der Waals surface area (Å²) in [6.45, 7) is 4.54. The average molecular weight is 612 g/mol. The summed E-state index contributed by atoms with van der Waals surface area (Å²) in [4.78, 5) is 27.7. The molecule has 1 atom stereocenters. The Morgan fingerprint density at radius 2 is 1.72 bits per heavy atom. The summed E-state index contributed by atoms with van der Waals surface area (Å²) >= 11 is 0. The van der Waals surface area contributed by atoms with E-state index in [4.69, 9.17) is 4.84 Å². The van der Waals surface area contributed by atoms with E-state index in [2.05, 4.69) is 15.0 Å². The van der Waals surface area contributed by atoms with Crippen LogP contribution in [0.4, 0.5) is 26.3 Å². The van der Waals surface area contributed by atoms with E-state index in [1.165, 1.54) is 4.90 Å². The number of nitrogens with one attached hydrogen (secondary N) is 1. The predicted octanol–water partition coefficient (Wildman–Crippen LogP) is 5.92. The van der Waals surface area contributed by atoms with Crippen LogP contribution in [0.15, 0.2) is 53.8 Å². The topological polar surface area (TPSA) is 64.2 Å². The van der Waals surface area contributed by atoms with Crippen LogP contribution in [0, 0.1) is 0 Å². The highest BCUT2D eigenvalue weighted by Crippen LogP contribution is 2.37. The number of hydrogen-bond donors (Lipinski definition) is 1. The Morgan fingerprint density at radius 1 is 1.05 bits per heavy atom. The quantitative estimate of drug-likeness (QED) is 0.134. The molecule has 0 aliphatic carbocycles. The SMILES string of the molecule is CC(CCN1CCN(C(=O)c2cc(C(F)(F)F)cc(C(F)(F)F)c2)[C@H](Cc2c[nH]c3ccccc23)C1)=NOCCN(C)C. The molecule has 1 aliphatic heterocycles. The minimum absolute atomic E-state index is 0.0340. The smallest absolute Gasteiger partial charge is 0.394 e. The summed E-state index contributed by atoms with van der Waals surface area (Å²) in [6, 6.07) is 8.11. The highest BCUT2D eigenvalue weighted by atomic mass is 19.4. The standard InChI is InChI=1S/C30H35F6N5O2/c1-20(38-43-13-12-39(2)3)8-9-40-10-11-41(25(19-40)16-22-18-37-27-7-5-4-6-26(22)27)28(42)21-14-23(29(31,32)33)17-24(15-21)30(34,35)36/h4-7,14-15,17-18,25,37H,8-13,16,19H2,1-3H3/t25-/m1/s1. The lowest BCUT2D eigenvalue weighted by atomic mass is 9.98. The van der Waals surface area contributed by atoms with Gasteiger partial charge >= 0.3 is 12.4 Å². The third-order valence-corrected chi connectivity index (χ3v) is 7.43. The number of rotatable bonds is 10. The first-order chi connectivity index (χ1) is 20.2. The zero-order valence-electron chi connectivity index (χ0n) is 24.2. The fourth-order valence-electron chi connectivity index (χ4n) is 5.11. The van der Waals surface area contributed by atoms with Crippen LogP contribution in [0.3, 0.4) is 0 Å². The number of carbonyl (C=O) groups excluding carboxylic acids is 1. The van der Waals surface area contributed by atoms with Gasteiger partial charge in [-0.3, -0.25) is 9.69 Å². The molecule has 2 heterocycles. The van der Waals surface area contributed by atoms with Crippen molar-refractivity contribution >= 4 is 22.5 Å². The van der Waals surface area contributed by atoms with Crippen molar-refractivity contribution in [1.82, 2.24) is 19.7 Å². The molecule has 7 nitrogen and oxygen atoms in total. The van der Waals surface area contributed by atoms with Crippen LogP contribution in [0.5, 0.6) is 0 Å². The first-order valence-corrected chi connectivity index (χ1v) is 13.9. The molecule has 43 heavy (non-hydrogen) atoms. The minimum Gasteiger partial charge on any atom is -0.394 e. The summed E-state index contributed by atoms with van der Waals surface area (Å²) in [5.41, 5.74) is -1.10. The number of para-hydroxylation sites is 1. The fourth-order valence-corrected chi connectivity index (χ4v) is 5.11. The molecule has 4 rings (SSSR count). The molecule has 3 aromatic rings. The second-order valence-electron chi connectivity index (χ2n) is 11.0. The lowest BCUT2D eigenvalue weighted by Gasteiger charge is -2.42. The molecule has 1 saturated heterocycles. The monoisotopic (exact) mass is 611 g/mol. The van der Waals surface area contributed by atoms with Gasteiger partial charge in [0.25, 0.3) is 5.91 Å². The predicted molar refractivity (Wildman–Crippen MR) is 152 cm³/mol. The van der Waals surface area contributed by atoms with Crippen molar-refractivity contribution < 1.29 is 36.0 Å². The van der Waals surface area contributed by atoms with Gasteiger partial charge in [0.15, 0.2) is 0 Å². The average Bonchev–Trinajstić information content (AvgIpc) is 3.35. The van der Waals surface area contributed by atoms with E-state index in [1.807, 2.05) is 56.4 Å². The number of likely N-dealkylation sites (N-methyl/N-ethyl adjacent to an activating group) is 1. The van der Waals surface area contributed by atoms with E-state index in [9.17, 15) is 31.1 Å². The first kappa shape index (κ1) is 32.3. The maximum Gasteiger partial charge on any atom is 0.416 e. The van der Waals surface area contributed by atoms with Crippen molar-refractivity contribution in [3.63, 3.8) is 0 Å². The summed E-state index contributed by atoms with van der Waals surface area (Å²) in [5, 5.41) is 5.08. The van der Waals surface area contributed by atoms with E-state index in [0.717, 1.165) is 28.7 Å². The van der Waals surface area contributed by atoms with Gasteiger partial charge in [-0.1, -0.05) is 23.4 Å². The number of hydrogen-bond acceptors (Lipinski definition) is 5. The number of amides is 1. The maximum atomic E-state index is 13.7. The Morgan fingerprint density at radius 3 is 2.37 bits per heavy atom. The van der Waals surface area contributed by atoms with Crippen molar-refractivity contribution in [2.75, 3.05) is 53.4 Å². The Balaban J connectivity index is 1.57. The number of piperazine rings is 1. The molecule has 13 heteroatoms. The van der Waals surface area contributed by atoms with Crippen LogP contribution in [0.2, 0.25) is 0 Å². The minimum atomic E-state index is -5.05. The molecule has 0 radical (unpaired) electrons. The molecule has 1 amide bonds. The summed E-state index contributed by atoms with van der Waals surface area (Å²) in [6.07, 6.45) is -7.32. The molecule has 0 bridgehead atoms. The van der Waals surface area contributed by atoms with Gasteiger partial charge in [-0.25, -0.2) is 0 Å². The number of oxime groups is 1. The number of nitrogens with zero attached hydrogens (tertiary/aromatic N) is 4. The molecular formula is C30H35F6N5O2. The summed E-state index contributed by atoms with van der Waals surface area (Å²) in [5.74, 6) is -0.867. The van der Waals surface area contributed by atoms with Crippen LogP contribution >= 0.6 is 0 Å². The van der Waals surface area contributed by atoms with Gasteiger partial charge in [0, 0.05) is 67.8 Å². The number of fused-ring (bicyclic) bond motifs is 1. The third kappa shape index (κ3) is 8.50. The molecule has 1 fully saturated rings. The van der Waals surface area contributed by atoms with E-state index in [-0.39, 0.29) is 12.6 Å². The van der Waals surface area contributed by atoms with E-state index in [1.54, 1.807) is 0 Å². The number of aromatic amines is 1. The Bertz CT molecular complexity index is 1400. The first-order valence-electron chi connectivity index (χ1n) is 13.9. The second kappa shape index (κ2) is 13.4. The van der Waals surface area contributed by atoms with Crippen molar-refractivity contribution in [2.24, 2.45) is 5.16 Å². The molecular weight excluding hydrogens is 576 g/mol. The molecule has 1 aliphatic rings. The second-order valence-corrected chi connectivity index (χ2v) is 11.0. The van der Waals surface area contributed by atoms with Crippen molar-refractivity contribution in [2.45, 2.75) is 38.2 Å². The van der Waals surface area contributed by atoms with Gasteiger partial charge in [0.05, 0.1) is 16.8 Å². The molecule has 234 valence electrons.